The summed E-state index contributed by atoms with van der Waals surface area (Å²) in [7, 11) is 0. The molecule has 1 aliphatic carbocycles. The highest BCUT2D eigenvalue weighted by Crippen LogP contribution is 2.37. The number of hydrogen-bond acceptors (Lipinski definition) is 4. The molecule has 164 valence electrons. The van der Waals surface area contributed by atoms with Crippen LogP contribution >= 0.6 is 0 Å². The van der Waals surface area contributed by atoms with E-state index < -0.39 is 23.9 Å². The highest BCUT2D eigenvalue weighted by atomic mass is 19.4. The van der Waals surface area contributed by atoms with Gasteiger partial charge in [0.15, 0.2) is 0 Å². The highest BCUT2D eigenvalue weighted by Gasteiger charge is 2.38. The molecular weight excluding hydrogens is 408 g/mol. The Kier molecular flexibility index (Phi) is 6.30. The van der Waals surface area contributed by atoms with Gasteiger partial charge in [0.05, 0.1) is 11.6 Å². The molecule has 1 aromatic heterocycles. The lowest BCUT2D eigenvalue weighted by Crippen LogP contribution is -2.47. The number of benzene rings is 1. The number of carbonyl (C=O) groups excluding carboxylic acids is 1. The average molecular weight is 430 g/mol. The molecule has 0 spiro atoms. The maximum Gasteiger partial charge on any atom is 0.490 e. The number of likely N-dealkylation sites (tertiary alicyclic amines) is 1. The van der Waals surface area contributed by atoms with Crippen molar-refractivity contribution < 1.29 is 32.3 Å². The first-order valence-corrected chi connectivity index (χ1v) is 9.58. The van der Waals surface area contributed by atoms with Gasteiger partial charge in [0, 0.05) is 17.6 Å². The van der Waals surface area contributed by atoms with E-state index in [1.54, 1.807) is 0 Å². The molecule has 0 unspecified atom stereocenters. The molecule has 1 saturated carbocycles. The number of hydrogen-bond donors (Lipinski definition) is 2. The van der Waals surface area contributed by atoms with E-state index in [0.717, 1.165) is 12.8 Å². The minimum absolute atomic E-state index is 0.158. The second kappa shape index (κ2) is 8.58. The molecule has 2 heterocycles. The fourth-order valence-electron chi connectivity index (χ4n) is 3.85. The van der Waals surface area contributed by atoms with Gasteiger partial charge >= 0.3 is 12.1 Å². The van der Waals surface area contributed by atoms with Crippen molar-refractivity contribution in [2.75, 3.05) is 13.1 Å². The average Bonchev–Trinajstić information content (AvgIpc) is 3.03. The van der Waals surface area contributed by atoms with Gasteiger partial charge < -0.3 is 15.7 Å². The number of aliphatic carboxylic acids is 1. The zero-order valence-electron chi connectivity index (χ0n) is 16.0. The van der Waals surface area contributed by atoms with E-state index in [1.807, 2.05) is 10.9 Å². The van der Waals surface area contributed by atoms with Crippen molar-refractivity contribution in [3.05, 3.63) is 29.7 Å². The smallest absolute Gasteiger partial charge is 0.475 e. The van der Waals surface area contributed by atoms with Crippen LogP contribution in [0.25, 0.3) is 10.9 Å². The summed E-state index contributed by atoms with van der Waals surface area (Å²) in [6.45, 7) is 2.41. The molecule has 0 bridgehead atoms. The summed E-state index contributed by atoms with van der Waals surface area (Å²) < 4.78 is 47.2. The maximum absolute atomic E-state index is 13.6. The van der Waals surface area contributed by atoms with Gasteiger partial charge in [-0.25, -0.2) is 9.18 Å². The van der Waals surface area contributed by atoms with Gasteiger partial charge in [0.25, 0.3) is 5.91 Å². The largest absolute Gasteiger partial charge is 0.490 e. The van der Waals surface area contributed by atoms with Gasteiger partial charge in [-0.15, -0.1) is 0 Å². The zero-order chi connectivity index (χ0) is 22.1. The predicted molar refractivity (Wildman–Crippen MR) is 99.4 cm³/mol. The summed E-state index contributed by atoms with van der Waals surface area (Å²) in [6, 6.07) is 3.55. The van der Waals surface area contributed by atoms with Crippen LogP contribution in [0, 0.1) is 5.82 Å². The quantitative estimate of drug-likeness (QED) is 0.729. The van der Waals surface area contributed by atoms with Crippen LogP contribution < -0.4 is 5.73 Å². The number of aromatic nitrogens is 2. The number of nitrogens with zero attached hydrogens (tertiary/aromatic N) is 3. The van der Waals surface area contributed by atoms with Gasteiger partial charge in [-0.05, 0) is 50.9 Å². The lowest BCUT2D eigenvalue weighted by atomic mass is 9.84. The third-order valence-electron chi connectivity index (χ3n) is 5.47. The number of alkyl halides is 3. The van der Waals surface area contributed by atoms with Crippen molar-refractivity contribution in [1.29, 1.82) is 0 Å². The highest BCUT2D eigenvalue weighted by molar-refractivity contribution is 6.04. The van der Waals surface area contributed by atoms with Gasteiger partial charge in [-0.1, -0.05) is 6.42 Å². The van der Waals surface area contributed by atoms with E-state index in [4.69, 9.17) is 15.6 Å². The summed E-state index contributed by atoms with van der Waals surface area (Å²) in [5.74, 6) is -3.85. The Morgan fingerprint density at radius 1 is 1.10 bits per heavy atom. The minimum atomic E-state index is -5.08. The lowest BCUT2D eigenvalue weighted by Gasteiger charge is -2.44. The molecule has 0 radical (unpaired) electrons. The molecule has 7 nitrogen and oxygen atoms in total. The summed E-state index contributed by atoms with van der Waals surface area (Å²) in [5, 5.41) is 12.3. The Morgan fingerprint density at radius 2 is 1.70 bits per heavy atom. The van der Waals surface area contributed by atoms with Crippen LogP contribution in [0.3, 0.4) is 0 Å². The number of halogens is 4. The van der Waals surface area contributed by atoms with Crippen LogP contribution in [0.4, 0.5) is 17.6 Å². The predicted octanol–water partition coefficient (Wildman–Crippen LogP) is 3.10. The third kappa shape index (κ3) is 4.89. The fraction of sp³-hybridized carbons (Fsp3) is 0.526. The summed E-state index contributed by atoms with van der Waals surface area (Å²) in [5.41, 5.74) is 6.00. The van der Waals surface area contributed by atoms with Gasteiger partial charge in [0.2, 0.25) is 0 Å². The van der Waals surface area contributed by atoms with Crippen molar-refractivity contribution in [3.63, 3.8) is 0 Å². The molecule has 2 aromatic rings. The topological polar surface area (TPSA) is 101 Å². The van der Waals surface area contributed by atoms with E-state index in [9.17, 15) is 22.4 Å². The molecule has 1 amide bonds. The molecular formula is C19H22F4N4O3. The Balaban J connectivity index is 0.000000318. The van der Waals surface area contributed by atoms with Gasteiger partial charge in [-0.2, -0.15) is 18.3 Å². The van der Waals surface area contributed by atoms with E-state index in [-0.39, 0.29) is 5.56 Å². The Labute approximate surface area is 169 Å². The number of piperidine rings is 1. The number of primary amides is 1. The molecule has 2 aliphatic rings. The maximum atomic E-state index is 13.6. The second-order valence-electron chi connectivity index (χ2n) is 7.54. The lowest BCUT2D eigenvalue weighted by molar-refractivity contribution is -0.192. The Hall–Kier alpha value is -2.69. The van der Waals surface area contributed by atoms with E-state index in [2.05, 4.69) is 10.00 Å². The van der Waals surface area contributed by atoms with Crippen LogP contribution in [0.15, 0.2) is 18.3 Å². The van der Waals surface area contributed by atoms with Crippen molar-refractivity contribution in [2.45, 2.75) is 50.4 Å². The van der Waals surface area contributed by atoms with Crippen molar-refractivity contribution in [2.24, 2.45) is 5.73 Å². The molecule has 0 atom stereocenters. The first kappa shape index (κ1) is 22.0. The monoisotopic (exact) mass is 430 g/mol. The Morgan fingerprint density at radius 3 is 2.23 bits per heavy atom. The number of carboxylic acids is 1. The summed E-state index contributed by atoms with van der Waals surface area (Å²) in [6.07, 6.45) is 2.84. The van der Waals surface area contributed by atoms with Crippen LogP contribution in [0.5, 0.6) is 0 Å². The molecule has 11 heteroatoms. The third-order valence-corrected chi connectivity index (χ3v) is 5.47. The van der Waals surface area contributed by atoms with E-state index in [0.29, 0.717) is 23.0 Å². The minimum Gasteiger partial charge on any atom is -0.475 e. The number of nitrogens with two attached hydrogens (primary N) is 1. The van der Waals surface area contributed by atoms with Crippen molar-refractivity contribution in [3.8, 4) is 0 Å². The van der Waals surface area contributed by atoms with Crippen LogP contribution in [-0.2, 0) is 4.79 Å². The molecule has 2 fully saturated rings. The van der Waals surface area contributed by atoms with E-state index in [1.165, 1.54) is 44.5 Å². The van der Waals surface area contributed by atoms with Gasteiger partial charge in [0.1, 0.15) is 11.3 Å². The van der Waals surface area contributed by atoms with Crippen molar-refractivity contribution in [1.82, 2.24) is 14.7 Å². The van der Waals surface area contributed by atoms with E-state index >= 15 is 0 Å². The van der Waals surface area contributed by atoms with Gasteiger partial charge in [-0.3, -0.25) is 9.48 Å². The molecule has 3 N–H and O–H groups in total. The number of carboxylic acid groups (broad SMARTS) is 1. The number of fused-ring (bicyclic) bond motifs is 1. The first-order chi connectivity index (χ1) is 14.1. The molecule has 1 aromatic carbocycles. The van der Waals surface area contributed by atoms with Crippen molar-refractivity contribution >= 4 is 22.8 Å². The summed E-state index contributed by atoms with van der Waals surface area (Å²) >= 11 is 0. The number of carbonyl (C=O) groups is 2. The number of rotatable bonds is 3. The van der Waals surface area contributed by atoms with Crippen LogP contribution in [0.1, 0.15) is 48.5 Å². The molecule has 30 heavy (non-hydrogen) atoms. The zero-order valence-corrected chi connectivity index (χ0v) is 16.0. The number of amides is 1. The van der Waals surface area contributed by atoms with Crippen LogP contribution in [-0.4, -0.2) is 57.0 Å². The SMILES string of the molecule is NC(=O)c1cc(F)cc2cn(C3CC(N4CCCCC4)C3)nc12.O=C(O)C(F)(F)F. The Bertz CT molecular complexity index is 932. The summed E-state index contributed by atoms with van der Waals surface area (Å²) in [4.78, 5) is 23.0. The van der Waals surface area contributed by atoms with Crippen LogP contribution in [0.2, 0.25) is 0 Å². The fourth-order valence-corrected chi connectivity index (χ4v) is 3.85. The second-order valence-corrected chi connectivity index (χ2v) is 7.54. The molecule has 1 aliphatic heterocycles. The molecule has 1 saturated heterocycles. The first-order valence-electron chi connectivity index (χ1n) is 9.58. The molecule has 4 rings (SSSR count). The normalized spacial score (nSPS) is 22.1. The standard InChI is InChI=1S/C17H21FN4O.C2HF3O2/c18-12-6-11-10-22(20-16(11)15(7-12)17(19)23)14-8-13(9-14)21-4-2-1-3-5-21;3-2(4,5)1(6)7/h6-7,10,13-14H,1-5,8-9H2,(H2,19,23);(H,6,7).